The summed E-state index contributed by atoms with van der Waals surface area (Å²) in [4.78, 5) is 15.8. The van der Waals surface area contributed by atoms with E-state index in [2.05, 4.69) is 10.1 Å². The molecule has 0 fully saturated rings. The van der Waals surface area contributed by atoms with Crippen LogP contribution in [0.5, 0.6) is 0 Å². The van der Waals surface area contributed by atoms with Gasteiger partial charge in [-0.2, -0.15) is 5.17 Å². The first-order valence-corrected chi connectivity index (χ1v) is 6.25. The molecule has 2 rings (SSSR count). The van der Waals surface area contributed by atoms with Crippen molar-refractivity contribution in [1.82, 2.24) is 4.98 Å². The number of hydrogen-bond acceptors (Lipinski definition) is 4. The van der Waals surface area contributed by atoms with Crippen molar-refractivity contribution in [3.05, 3.63) is 70.1 Å². The molecule has 1 unspecified atom stereocenters. The Bertz CT molecular complexity index is 627. The second kappa shape index (κ2) is 6.38. The molecular weight excluding hydrogens is 278 g/mol. The summed E-state index contributed by atoms with van der Waals surface area (Å²) in [7, 11) is 0. The van der Waals surface area contributed by atoms with E-state index < -0.39 is 11.1 Å². The minimum atomic E-state index is -0.804. The Hall–Kier alpha value is -2.08. The predicted molar refractivity (Wildman–Crippen MR) is 76.6 cm³/mol. The highest BCUT2D eigenvalue weighted by atomic mass is 35.5. The van der Waals surface area contributed by atoms with Crippen molar-refractivity contribution in [2.24, 2.45) is 5.10 Å². The van der Waals surface area contributed by atoms with Crippen molar-refractivity contribution in [3.63, 3.8) is 0 Å². The lowest BCUT2D eigenvalue weighted by Gasteiger charge is -2.13. The summed E-state index contributed by atoms with van der Waals surface area (Å²) in [6, 6.07) is 9.56. The summed E-state index contributed by atoms with van der Waals surface area (Å²) in [6.45, 7) is 1.67. The van der Waals surface area contributed by atoms with Crippen LogP contribution in [0.3, 0.4) is 0 Å². The van der Waals surface area contributed by atoms with Crippen molar-refractivity contribution in [2.45, 2.75) is 6.92 Å². The average Bonchev–Trinajstić information content (AvgIpc) is 2.48. The molecule has 5 nitrogen and oxygen atoms in total. The van der Waals surface area contributed by atoms with Crippen LogP contribution in [-0.4, -0.2) is 16.6 Å². The molecule has 1 amide bonds. The molecule has 0 aliphatic rings. The number of hydroxylamine groups is 1. The first-order valence-electron chi connectivity index (χ1n) is 5.88. The molecular formula is C14H12ClN3O2. The van der Waals surface area contributed by atoms with Crippen molar-refractivity contribution >= 4 is 23.2 Å². The van der Waals surface area contributed by atoms with Gasteiger partial charge in [-0.25, -0.2) is 4.79 Å². The van der Waals surface area contributed by atoms with E-state index in [1.165, 1.54) is 12.1 Å². The van der Waals surface area contributed by atoms with Crippen molar-refractivity contribution in [3.8, 4) is 0 Å². The van der Waals surface area contributed by atoms with E-state index in [-0.39, 0.29) is 5.56 Å². The molecule has 1 N–H and O–H groups in total. The third kappa shape index (κ3) is 3.48. The summed E-state index contributed by atoms with van der Waals surface area (Å²) in [6.07, 6.45) is 3.19. The first kappa shape index (κ1) is 14.3. The van der Waals surface area contributed by atoms with Crippen LogP contribution < -0.4 is 5.17 Å². The number of amides is 1. The highest BCUT2D eigenvalue weighted by Gasteiger charge is 2.14. The number of carbonyl (C=O) groups is 1. The number of nitrogens with one attached hydrogen (secondary N) is 1. The fraction of sp³-hybridized carbons (Fsp3) is 0.0714. The highest BCUT2D eigenvalue weighted by molar-refractivity contribution is 6.30. The summed E-state index contributed by atoms with van der Waals surface area (Å²) >= 11 is 5.73. The number of rotatable bonds is 3. The highest BCUT2D eigenvalue weighted by Crippen LogP contribution is 2.08. The zero-order chi connectivity index (χ0) is 14.5. The molecule has 0 saturated carbocycles. The minimum Gasteiger partial charge on any atom is -0.598 e. The molecule has 2 aromatic rings. The Balaban J connectivity index is 2.17. The molecule has 0 bridgehead atoms. The number of nitrogens with zero attached hydrogens (tertiary/aromatic N) is 2. The van der Waals surface area contributed by atoms with Gasteiger partial charge in [0.05, 0.1) is 5.56 Å². The van der Waals surface area contributed by atoms with Gasteiger partial charge in [0.2, 0.25) is 0 Å². The van der Waals surface area contributed by atoms with E-state index in [0.717, 1.165) is 5.56 Å². The minimum absolute atomic E-state index is 0.269. The molecule has 20 heavy (non-hydrogen) atoms. The molecule has 0 saturated heterocycles. The topological polar surface area (TPSA) is 69.8 Å². The van der Waals surface area contributed by atoms with Crippen LogP contribution >= 0.6 is 11.6 Å². The normalized spacial score (nSPS) is 13.1. The Kier molecular flexibility index (Phi) is 4.57. The number of aromatic nitrogens is 1. The van der Waals surface area contributed by atoms with Gasteiger partial charge >= 0.3 is 5.91 Å². The van der Waals surface area contributed by atoms with Gasteiger partial charge in [-0.1, -0.05) is 16.7 Å². The lowest BCUT2D eigenvalue weighted by molar-refractivity contribution is -0.764. The maximum absolute atomic E-state index is 11.9. The average molecular weight is 290 g/mol. The quantitative estimate of drug-likeness (QED) is 0.690. The number of benzene rings is 1. The van der Waals surface area contributed by atoms with E-state index in [4.69, 9.17) is 11.6 Å². The second-order valence-electron chi connectivity index (χ2n) is 4.07. The zero-order valence-electron chi connectivity index (χ0n) is 10.7. The Labute approximate surface area is 121 Å². The van der Waals surface area contributed by atoms with Crippen molar-refractivity contribution in [1.29, 1.82) is 0 Å². The van der Waals surface area contributed by atoms with Gasteiger partial charge in [-0.15, -0.1) is 0 Å². The van der Waals surface area contributed by atoms with E-state index in [1.54, 1.807) is 43.6 Å². The molecule has 0 aliphatic carbocycles. The van der Waals surface area contributed by atoms with E-state index in [1.807, 2.05) is 0 Å². The first-order chi connectivity index (χ1) is 9.58. The van der Waals surface area contributed by atoms with Gasteiger partial charge in [0.15, 0.2) is 0 Å². The van der Waals surface area contributed by atoms with Gasteiger partial charge < -0.3 is 5.21 Å². The molecule has 0 radical (unpaired) electrons. The van der Waals surface area contributed by atoms with Gasteiger partial charge in [0.1, 0.15) is 5.71 Å². The Morgan fingerprint density at radius 2 is 1.75 bits per heavy atom. The van der Waals surface area contributed by atoms with Crippen molar-refractivity contribution < 1.29 is 9.97 Å². The van der Waals surface area contributed by atoms with Gasteiger partial charge in [-0.05, 0) is 43.3 Å². The number of hydrogen-bond donors (Lipinski definition) is 1. The molecule has 6 heteroatoms. The van der Waals surface area contributed by atoms with E-state index in [9.17, 15) is 10.0 Å². The third-order valence-electron chi connectivity index (χ3n) is 2.67. The number of halogens is 1. The monoisotopic (exact) mass is 289 g/mol. The maximum Gasteiger partial charge on any atom is 0.370 e. The van der Waals surface area contributed by atoms with Crippen LogP contribution in [0.2, 0.25) is 5.02 Å². The fourth-order valence-electron chi connectivity index (χ4n) is 1.59. The smallest absolute Gasteiger partial charge is 0.370 e. The lowest BCUT2D eigenvalue weighted by Crippen LogP contribution is -3.05. The predicted octanol–water partition coefficient (Wildman–Crippen LogP) is 1.68. The van der Waals surface area contributed by atoms with Crippen molar-refractivity contribution in [2.75, 3.05) is 0 Å². The maximum atomic E-state index is 11.9. The number of quaternary nitrogens is 1. The van der Waals surface area contributed by atoms with E-state index in [0.29, 0.717) is 10.7 Å². The summed E-state index contributed by atoms with van der Waals surface area (Å²) in [5.41, 5.74) is 1.49. The van der Waals surface area contributed by atoms with Gasteiger partial charge in [-0.3, -0.25) is 4.98 Å². The molecule has 102 valence electrons. The van der Waals surface area contributed by atoms with Crippen LogP contribution in [0.1, 0.15) is 22.8 Å². The molecule has 0 aliphatic heterocycles. The van der Waals surface area contributed by atoms with Gasteiger partial charge in [0, 0.05) is 23.0 Å². The van der Waals surface area contributed by atoms with Crippen LogP contribution in [-0.2, 0) is 0 Å². The summed E-state index contributed by atoms with van der Waals surface area (Å²) in [5, 5.41) is 15.3. The number of carbonyl (C=O) groups excluding carboxylic acids is 1. The fourth-order valence-corrected chi connectivity index (χ4v) is 1.71. The molecule has 1 atom stereocenters. The molecule has 1 aromatic carbocycles. The Morgan fingerprint density at radius 3 is 2.35 bits per heavy atom. The zero-order valence-corrected chi connectivity index (χ0v) is 11.5. The van der Waals surface area contributed by atoms with Crippen LogP contribution in [0.25, 0.3) is 0 Å². The SMILES string of the molecule is CC(=N[NH+]([O-])C(=O)c1ccc(Cl)cc1)c1ccncc1. The molecule has 1 aromatic heterocycles. The van der Waals surface area contributed by atoms with E-state index >= 15 is 0 Å². The largest absolute Gasteiger partial charge is 0.598 e. The summed E-state index contributed by atoms with van der Waals surface area (Å²) < 4.78 is 0. The third-order valence-corrected chi connectivity index (χ3v) is 2.92. The van der Waals surface area contributed by atoms with Gasteiger partial charge in [0.25, 0.3) is 0 Å². The van der Waals surface area contributed by atoms with Crippen LogP contribution in [0.4, 0.5) is 0 Å². The molecule has 1 heterocycles. The Morgan fingerprint density at radius 1 is 1.15 bits per heavy atom. The van der Waals surface area contributed by atoms with Crippen LogP contribution in [0.15, 0.2) is 53.9 Å². The summed E-state index contributed by atoms with van der Waals surface area (Å²) in [5.74, 6) is -0.657. The molecule has 0 spiro atoms. The standard InChI is InChI=1S/C14H12ClN3O2/c1-10(11-6-8-16-9-7-11)17-18(20)14(19)12-2-4-13(15)5-3-12/h2-9,18H,1H3. The lowest BCUT2D eigenvalue weighted by atomic mass is 10.2. The number of pyridine rings is 1. The second-order valence-corrected chi connectivity index (χ2v) is 4.51. The van der Waals surface area contributed by atoms with Crippen LogP contribution in [0, 0.1) is 5.21 Å².